The summed E-state index contributed by atoms with van der Waals surface area (Å²) in [5.74, 6) is -0.653. The molecule has 0 bridgehead atoms. The van der Waals surface area contributed by atoms with Crippen LogP contribution in [-0.2, 0) is 4.79 Å². The highest BCUT2D eigenvalue weighted by molar-refractivity contribution is 5.79. The van der Waals surface area contributed by atoms with Crippen molar-refractivity contribution in [1.29, 1.82) is 0 Å². The molecule has 0 spiro atoms. The van der Waals surface area contributed by atoms with Crippen molar-refractivity contribution in [2.24, 2.45) is 0 Å². The molecule has 1 saturated carbocycles. The molecule has 1 saturated heterocycles. The summed E-state index contributed by atoms with van der Waals surface area (Å²) in [4.78, 5) is 13.9. The van der Waals surface area contributed by atoms with Gasteiger partial charge in [0.15, 0.2) is 0 Å². The van der Waals surface area contributed by atoms with E-state index in [2.05, 4.69) is 17.3 Å². The van der Waals surface area contributed by atoms with Crippen LogP contribution in [0.3, 0.4) is 0 Å². The second-order valence-corrected chi connectivity index (χ2v) is 6.02. The van der Waals surface area contributed by atoms with Gasteiger partial charge in [0.2, 0.25) is 0 Å². The largest absolute Gasteiger partial charge is 0.480 e. The van der Waals surface area contributed by atoms with E-state index >= 15 is 0 Å². The maximum Gasteiger partial charge on any atom is 0.324 e. The van der Waals surface area contributed by atoms with Crippen molar-refractivity contribution in [3.63, 3.8) is 0 Å². The number of hydrogen-bond acceptors (Lipinski definition) is 3. The van der Waals surface area contributed by atoms with Crippen molar-refractivity contribution in [2.75, 3.05) is 20.1 Å². The van der Waals surface area contributed by atoms with Gasteiger partial charge in [0.05, 0.1) is 0 Å². The molecule has 104 valence electrons. The van der Waals surface area contributed by atoms with E-state index < -0.39 is 11.5 Å². The van der Waals surface area contributed by atoms with Crippen LogP contribution < -0.4 is 5.32 Å². The first-order valence-corrected chi connectivity index (χ1v) is 7.32. The van der Waals surface area contributed by atoms with Crippen molar-refractivity contribution < 1.29 is 9.90 Å². The average Bonchev–Trinajstić information content (AvgIpc) is 2.60. The van der Waals surface area contributed by atoms with Gasteiger partial charge >= 0.3 is 5.97 Å². The van der Waals surface area contributed by atoms with E-state index in [-0.39, 0.29) is 0 Å². The molecule has 0 radical (unpaired) electrons. The van der Waals surface area contributed by atoms with Crippen LogP contribution in [0.2, 0.25) is 0 Å². The van der Waals surface area contributed by atoms with Gasteiger partial charge in [0.25, 0.3) is 0 Å². The maximum atomic E-state index is 11.7. The van der Waals surface area contributed by atoms with Crippen LogP contribution in [0.1, 0.15) is 51.4 Å². The lowest BCUT2D eigenvalue weighted by molar-refractivity contribution is -0.147. The highest BCUT2D eigenvalue weighted by Gasteiger charge is 2.42. The quantitative estimate of drug-likeness (QED) is 0.755. The zero-order chi connectivity index (χ0) is 13.0. The monoisotopic (exact) mass is 254 g/mol. The van der Waals surface area contributed by atoms with Crippen LogP contribution in [-0.4, -0.2) is 47.7 Å². The molecular formula is C14H26N2O2. The van der Waals surface area contributed by atoms with E-state index in [9.17, 15) is 9.90 Å². The van der Waals surface area contributed by atoms with Gasteiger partial charge in [0.1, 0.15) is 5.54 Å². The number of piperidine rings is 1. The van der Waals surface area contributed by atoms with Crippen LogP contribution >= 0.6 is 0 Å². The van der Waals surface area contributed by atoms with Crippen molar-refractivity contribution >= 4 is 5.97 Å². The van der Waals surface area contributed by atoms with Gasteiger partial charge in [-0.25, -0.2) is 0 Å². The summed E-state index contributed by atoms with van der Waals surface area (Å²) in [5.41, 5.74) is -0.665. The van der Waals surface area contributed by atoms with E-state index in [0.29, 0.717) is 6.04 Å². The summed E-state index contributed by atoms with van der Waals surface area (Å²) in [6, 6.07) is 0.409. The van der Waals surface area contributed by atoms with Gasteiger partial charge in [-0.15, -0.1) is 0 Å². The molecule has 0 unspecified atom stereocenters. The molecule has 0 aromatic heterocycles. The van der Waals surface area contributed by atoms with Crippen LogP contribution in [0.4, 0.5) is 0 Å². The summed E-state index contributed by atoms with van der Waals surface area (Å²) < 4.78 is 0. The standard InChI is InChI=1S/C14H26N2O2/c1-16-10-8-14(9-11-16,13(17)18)15-12-6-4-2-3-5-7-12/h12,15H,2-11H2,1H3,(H,17,18). The lowest BCUT2D eigenvalue weighted by Gasteiger charge is -2.40. The van der Waals surface area contributed by atoms with Gasteiger partial charge < -0.3 is 10.0 Å². The van der Waals surface area contributed by atoms with E-state index in [4.69, 9.17) is 0 Å². The Morgan fingerprint density at radius 3 is 2.22 bits per heavy atom. The van der Waals surface area contributed by atoms with Gasteiger partial charge in [-0.05, 0) is 32.7 Å². The maximum absolute atomic E-state index is 11.7. The van der Waals surface area contributed by atoms with E-state index in [0.717, 1.165) is 38.8 Å². The smallest absolute Gasteiger partial charge is 0.324 e. The molecule has 1 aliphatic heterocycles. The SMILES string of the molecule is CN1CCC(NC2CCCCCC2)(C(=O)O)CC1. The number of carbonyl (C=O) groups is 1. The molecule has 2 fully saturated rings. The predicted molar refractivity (Wildman–Crippen MR) is 71.7 cm³/mol. The van der Waals surface area contributed by atoms with Crippen molar-refractivity contribution in [3.8, 4) is 0 Å². The molecule has 2 N–H and O–H groups in total. The van der Waals surface area contributed by atoms with E-state index in [1.165, 1.54) is 25.7 Å². The third-order valence-corrected chi connectivity index (χ3v) is 4.59. The average molecular weight is 254 g/mol. The Labute approximate surface area is 110 Å². The minimum absolute atomic E-state index is 0.409. The molecule has 4 heteroatoms. The Hall–Kier alpha value is -0.610. The topological polar surface area (TPSA) is 52.6 Å². The summed E-state index contributed by atoms with van der Waals surface area (Å²) in [6.45, 7) is 1.76. The van der Waals surface area contributed by atoms with Crippen molar-refractivity contribution in [2.45, 2.75) is 62.9 Å². The number of nitrogens with zero attached hydrogens (tertiary/aromatic N) is 1. The summed E-state index contributed by atoms with van der Waals surface area (Å²) in [6.07, 6.45) is 8.85. The Bertz CT molecular complexity index is 278. The van der Waals surface area contributed by atoms with Gasteiger partial charge in [-0.3, -0.25) is 10.1 Å². The van der Waals surface area contributed by atoms with Crippen LogP contribution in [0.25, 0.3) is 0 Å². The Morgan fingerprint density at radius 1 is 1.17 bits per heavy atom. The number of likely N-dealkylation sites (tertiary alicyclic amines) is 1. The Balaban J connectivity index is 1.99. The molecule has 0 atom stereocenters. The highest BCUT2D eigenvalue weighted by Crippen LogP contribution is 2.26. The number of rotatable bonds is 3. The predicted octanol–water partition coefficient (Wildman–Crippen LogP) is 1.85. The van der Waals surface area contributed by atoms with E-state index in [1.54, 1.807) is 0 Å². The van der Waals surface area contributed by atoms with Crippen LogP contribution in [0, 0.1) is 0 Å². The third kappa shape index (κ3) is 3.23. The zero-order valence-electron chi connectivity index (χ0n) is 11.5. The molecule has 0 aromatic rings. The molecule has 4 nitrogen and oxygen atoms in total. The summed E-state index contributed by atoms with van der Waals surface area (Å²) >= 11 is 0. The van der Waals surface area contributed by atoms with Gasteiger partial charge in [0, 0.05) is 19.1 Å². The number of carboxylic acid groups (broad SMARTS) is 1. The number of nitrogens with one attached hydrogen (secondary N) is 1. The number of carboxylic acids is 1. The lowest BCUT2D eigenvalue weighted by Crippen LogP contribution is -2.60. The van der Waals surface area contributed by atoms with Crippen molar-refractivity contribution in [3.05, 3.63) is 0 Å². The van der Waals surface area contributed by atoms with Crippen LogP contribution in [0.15, 0.2) is 0 Å². The fourth-order valence-electron chi connectivity index (χ4n) is 3.23. The molecular weight excluding hydrogens is 228 g/mol. The molecule has 2 rings (SSSR count). The van der Waals surface area contributed by atoms with Gasteiger partial charge in [-0.2, -0.15) is 0 Å². The first-order chi connectivity index (χ1) is 8.62. The third-order valence-electron chi connectivity index (χ3n) is 4.59. The minimum Gasteiger partial charge on any atom is -0.480 e. The molecule has 1 aliphatic carbocycles. The number of hydrogen-bond donors (Lipinski definition) is 2. The van der Waals surface area contributed by atoms with E-state index in [1.807, 2.05) is 0 Å². The van der Waals surface area contributed by atoms with Gasteiger partial charge in [-0.1, -0.05) is 25.7 Å². The van der Waals surface area contributed by atoms with Crippen LogP contribution in [0.5, 0.6) is 0 Å². The summed E-state index contributed by atoms with van der Waals surface area (Å²) in [7, 11) is 2.07. The fourth-order valence-corrected chi connectivity index (χ4v) is 3.23. The molecule has 0 aromatic carbocycles. The number of aliphatic carboxylic acids is 1. The van der Waals surface area contributed by atoms with Crippen molar-refractivity contribution in [1.82, 2.24) is 10.2 Å². The normalized spacial score (nSPS) is 26.7. The second-order valence-electron chi connectivity index (χ2n) is 6.02. The highest BCUT2D eigenvalue weighted by atomic mass is 16.4. The Morgan fingerprint density at radius 2 is 1.72 bits per heavy atom. The zero-order valence-corrected chi connectivity index (χ0v) is 11.5. The molecule has 1 heterocycles. The Kier molecular flexibility index (Phi) is 4.62. The second kappa shape index (κ2) is 6.02. The minimum atomic E-state index is -0.665. The molecule has 18 heavy (non-hydrogen) atoms. The fraction of sp³-hybridized carbons (Fsp3) is 0.929. The summed E-state index contributed by atoms with van der Waals surface area (Å²) in [5, 5.41) is 13.1. The first kappa shape index (κ1) is 13.8. The lowest BCUT2D eigenvalue weighted by atomic mass is 9.86. The molecule has 0 amide bonds. The first-order valence-electron chi connectivity index (χ1n) is 7.32. The molecule has 2 aliphatic rings.